The first-order chi connectivity index (χ1) is 12.3. The lowest BCUT2D eigenvalue weighted by Crippen LogP contribution is -2.39. The average Bonchev–Trinajstić information content (AvgIpc) is 3.23. The summed E-state index contributed by atoms with van der Waals surface area (Å²) in [6.45, 7) is 2.13. The fraction of sp³-hybridized carbons (Fsp3) is 0.467. The Bertz CT molecular complexity index is 834. The van der Waals surface area contributed by atoms with Crippen LogP contribution in [0.25, 0.3) is 0 Å². The number of sulfonamides is 1. The number of azo groups is 1. The van der Waals surface area contributed by atoms with E-state index in [0.29, 0.717) is 5.69 Å². The third-order valence-corrected chi connectivity index (χ3v) is 6.72. The number of rotatable bonds is 6. The summed E-state index contributed by atoms with van der Waals surface area (Å²) in [5, 5.41) is 10.9. The van der Waals surface area contributed by atoms with E-state index in [2.05, 4.69) is 20.3 Å². The quantitative estimate of drug-likeness (QED) is 0.415. The SMILES string of the molecule is CC(=O)C1(N=Nc2ccc(S(=O)(=O)NC3NCCS3)cc2)CCOC1=O. The van der Waals surface area contributed by atoms with Crippen LogP contribution in [0.4, 0.5) is 5.69 Å². The molecular weight excluding hydrogens is 380 g/mol. The van der Waals surface area contributed by atoms with Crippen molar-refractivity contribution in [1.82, 2.24) is 10.0 Å². The van der Waals surface area contributed by atoms with Crippen molar-refractivity contribution in [1.29, 1.82) is 0 Å². The highest BCUT2D eigenvalue weighted by atomic mass is 32.2. The minimum Gasteiger partial charge on any atom is -0.463 e. The van der Waals surface area contributed by atoms with E-state index in [1.54, 1.807) is 0 Å². The maximum Gasteiger partial charge on any atom is 0.343 e. The lowest BCUT2D eigenvalue weighted by Gasteiger charge is -2.14. The minimum absolute atomic E-state index is 0.0901. The number of ketones is 1. The maximum atomic E-state index is 12.3. The number of esters is 1. The highest BCUT2D eigenvalue weighted by molar-refractivity contribution is 8.01. The molecule has 2 aliphatic heterocycles. The average molecular weight is 398 g/mol. The third-order valence-electron chi connectivity index (χ3n) is 4.08. The van der Waals surface area contributed by atoms with Crippen LogP contribution in [0, 0.1) is 0 Å². The summed E-state index contributed by atoms with van der Waals surface area (Å²) < 4.78 is 32.0. The van der Waals surface area contributed by atoms with Crippen LogP contribution in [0.1, 0.15) is 13.3 Å². The number of ether oxygens (including phenoxy) is 1. The summed E-state index contributed by atoms with van der Waals surface area (Å²) in [6.07, 6.45) is 0.146. The Morgan fingerprint density at radius 1 is 1.38 bits per heavy atom. The van der Waals surface area contributed by atoms with Gasteiger partial charge in [0.2, 0.25) is 15.6 Å². The van der Waals surface area contributed by atoms with E-state index in [4.69, 9.17) is 4.74 Å². The number of nitrogens with zero attached hydrogens (tertiary/aromatic N) is 2. The first kappa shape index (κ1) is 19.0. The molecule has 2 saturated heterocycles. The van der Waals surface area contributed by atoms with Crippen molar-refractivity contribution >= 4 is 39.2 Å². The van der Waals surface area contributed by atoms with Gasteiger partial charge in [-0.2, -0.15) is 15.0 Å². The predicted molar refractivity (Wildman–Crippen MR) is 94.5 cm³/mol. The van der Waals surface area contributed by atoms with Crippen molar-refractivity contribution in [2.75, 3.05) is 18.9 Å². The summed E-state index contributed by atoms with van der Waals surface area (Å²) in [5.41, 5.74) is -1.61. The van der Waals surface area contributed by atoms with Crippen LogP contribution in [0.3, 0.4) is 0 Å². The predicted octanol–water partition coefficient (Wildman–Crippen LogP) is 0.943. The van der Waals surface area contributed by atoms with Crippen LogP contribution in [0.5, 0.6) is 0 Å². The Kier molecular flexibility index (Phi) is 5.42. The molecule has 1 aromatic carbocycles. The number of hydrogen-bond acceptors (Lipinski definition) is 9. The van der Waals surface area contributed by atoms with E-state index in [0.717, 1.165) is 12.3 Å². The van der Waals surface area contributed by atoms with E-state index in [-0.39, 0.29) is 23.4 Å². The zero-order valence-electron chi connectivity index (χ0n) is 14.0. The number of Topliss-reactive ketones (excluding diaryl/α,β-unsaturated/α-hetero) is 1. The fourth-order valence-electron chi connectivity index (χ4n) is 2.54. The molecule has 26 heavy (non-hydrogen) atoms. The summed E-state index contributed by atoms with van der Waals surface area (Å²) in [7, 11) is -3.66. The second kappa shape index (κ2) is 7.43. The van der Waals surface area contributed by atoms with Gasteiger partial charge in [-0.1, -0.05) is 0 Å². The number of carbonyl (C=O) groups is 2. The first-order valence-corrected chi connectivity index (χ1v) is 10.5. The largest absolute Gasteiger partial charge is 0.463 e. The standard InChI is InChI=1S/C15H18N4O5S2/c1-10(20)15(6-8-24-13(15)21)19-17-11-2-4-12(5-3-11)26(22,23)18-14-16-7-9-25-14/h2-5,14,16,18H,6-9H2,1H3. The van der Waals surface area contributed by atoms with Crippen molar-refractivity contribution in [3.63, 3.8) is 0 Å². The molecule has 2 heterocycles. The zero-order chi connectivity index (χ0) is 18.8. The summed E-state index contributed by atoms with van der Waals surface area (Å²) >= 11 is 1.48. The molecule has 0 saturated carbocycles. The Morgan fingerprint density at radius 2 is 2.12 bits per heavy atom. The molecule has 2 fully saturated rings. The van der Waals surface area contributed by atoms with Crippen LogP contribution in [0.15, 0.2) is 39.4 Å². The third kappa shape index (κ3) is 3.80. The second-order valence-corrected chi connectivity index (χ2v) is 8.75. The summed E-state index contributed by atoms with van der Waals surface area (Å²) in [5.74, 6) is -0.306. The van der Waals surface area contributed by atoms with Gasteiger partial charge in [0, 0.05) is 18.7 Å². The number of hydrogen-bond donors (Lipinski definition) is 2. The van der Waals surface area contributed by atoms with Crippen LogP contribution in [0.2, 0.25) is 0 Å². The molecule has 140 valence electrons. The van der Waals surface area contributed by atoms with E-state index in [9.17, 15) is 18.0 Å². The van der Waals surface area contributed by atoms with Gasteiger partial charge in [0.05, 0.1) is 17.2 Å². The van der Waals surface area contributed by atoms with Crippen LogP contribution < -0.4 is 10.0 Å². The molecule has 0 radical (unpaired) electrons. The van der Waals surface area contributed by atoms with Crippen LogP contribution >= 0.6 is 11.8 Å². The maximum absolute atomic E-state index is 12.3. The molecular formula is C15H18N4O5S2. The lowest BCUT2D eigenvalue weighted by molar-refractivity contribution is -0.145. The zero-order valence-corrected chi connectivity index (χ0v) is 15.6. The summed E-state index contributed by atoms with van der Waals surface area (Å²) in [4.78, 5) is 23.7. The van der Waals surface area contributed by atoms with Crippen molar-refractivity contribution in [3.8, 4) is 0 Å². The number of nitrogens with one attached hydrogen (secondary N) is 2. The molecule has 1 aromatic rings. The van der Waals surface area contributed by atoms with Crippen molar-refractivity contribution in [3.05, 3.63) is 24.3 Å². The van der Waals surface area contributed by atoms with Crippen molar-refractivity contribution in [2.45, 2.75) is 29.3 Å². The van der Waals surface area contributed by atoms with Gasteiger partial charge >= 0.3 is 5.97 Å². The molecule has 2 atom stereocenters. The molecule has 0 spiro atoms. The molecule has 0 aliphatic carbocycles. The van der Waals surface area contributed by atoms with E-state index in [1.165, 1.54) is 43.0 Å². The van der Waals surface area contributed by atoms with Gasteiger partial charge in [0.1, 0.15) is 5.50 Å². The molecule has 0 amide bonds. The Morgan fingerprint density at radius 3 is 2.65 bits per heavy atom. The Hall–Kier alpha value is -1.82. The molecule has 3 rings (SSSR count). The molecule has 11 heteroatoms. The van der Waals surface area contributed by atoms with Gasteiger partial charge in [-0.25, -0.2) is 13.2 Å². The molecule has 0 bridgehead atoms. The second-order valence-electron chi connectivity index (χ2n) is 5.82. The van der Waals surface area contributed by atoms with Crippen molar-refractivity contribution in [2.24, 2.45) is 10.2 Å². The van der Waals surface area contributed by atoms with Gasteiger partial charge < -0.3 is 4.74 Å². The highest BCUT2D eigenvalue weighted by Crippen LogP contribution is 2.28. The number of thioether (sulfide) groups is 1. The molecule has 2 aliphatic rings. The molecule has 2 unspecified atom stereocenters. The number of cyclic esters (lactones) is 1. The molecule has 9 nitrogen and oxygen atoms in total. The lowest BCUT2D eigenvalue weighted by atomic mass is 9.95. The molecule has 0 aromatic heterocycles. The monoisotopic (exact) mass is 398 g/mol. The molecule has 2 N–H and O–H groups in total. The van der Waals surface area contributed by atoms with E-state index in [1.807, 2.05) is 0 Å². The Balaban J connectivity index is 1.75. The first-order valence-electron chi connectivity index (χ1n) is 7.92. The van der Waals surface area contributed by atoms with Gasteiger partial charge in [0.15, 0.2) is 5.78 Å². The number of benzene rings is 1. The van der Waals surface area contributed by atoms with Gasteiger partial charge in [0.25, 0.3) is 0 Å². The van der Waals surface area contributed by atoms with Gasteiger partial charge in [-0.3, -0.25) is 10.1 Å². The van der Waals surface area contributed by atoms with E-state index < -0.39 is 27.3 Å². The number of carbonyl (C=O) groups excluding carboxylic acids is 2. The van der Waals surface area contributed by atoms with E-state index >= 15 is 0 Å². The van der Waals surface area contributed by atoms with Crippen LogP contribution in [-0.2, 0) is 24.3 Å². The Labute approximate surface area is 155 Å². The summed E-state index contributed by atoms with van der Waals surface area (Å²) in [6, 6.07) is 5.70. The smallest absolute Gasteiger partial charge is 0.343 e. The minimum atomic E-state index is -3.66. The van der Waals surface area contributed by atoms with Crippen LogP contribution in [-0.4, -0.2) is 50.1 Å². The van der Waals surface area contributed by atoms with Gasteiger partial charge in [-0.05, 0) is 31.2 Å². The fourth-order valence-corrected chi connectivity index (χ4v) is 4.89. The van der Waals surface area contributed by atoms with Gasteiger partial charge in [-0.15, -0.1) is 11.8 Å². The topological polar surface area (TPSA) is 126 Å². The highest BCUT2D eigenvalue weighted by Gasteiger charge is 2.50. The van der Waals surface area contributed by atoms with Crippen molar-refractivity contribution < 1.29 is 22.7 Å². The normalized spacial score (nSPS) is 26.3.